The molecule has 0 fully saturated rings. The summed E-state index contributed by atoms with van der Waals surface area (Å²) in [5, 5.41) is 0. The minimum Gasteiger partial charge on any atom is -0.387 e. The fraction of sp³-hybridized carbons (Fsp3) is 0.600. The van der Waals surface area contributed by atoms with E-state index in [-0.39, 0.29) is 0 Å². The van der Waals surface area contributed by atoms with Crippen LogP contribution < -0.4 is 0 Å². The lowest BCUT2D eigenvalue weighted by atomic mass is 10.6. The van der Waals surface area contributed by atoms with Gasteiger partial charge in [-0.05, 0) is 0 Å². The van der Waals surface area contributed by atoms with E-state index in [1.165, 1.54) is 0 Å². The number of ether oxygens (including phenoxy) is 2. The topological polar surface area (TPSA) is 52.6 Å². The monoisotopic (exact) mass is 222 g/mol. The van der Waals surface area contributed by atoms with E-state index in [4.69, 9.17) is 0 Å². The zero-order valence-electron chi connectivity index (χ0n) is 6.52. The van der Waals surface area contributed by atoms with E-state index in [0.29, 0.717) is 6.92 Å². The number of carbonyl (C=O) groups is 2. The van der Waals surface area contributed by atoms with Gasteiger partial charge in [0, 0.05) is 6.92 Å². The molecule has 9 heteroatoms. The Kier molecular flexibility index (Phi) is 3.52. The first-order chi connectivity index (χ1) is 6.04. The van der Waals surface area contributed by atoms with Gasteiger partial charge < -0.3 is 4.74 Å². The van der Waals surface area contributed by atoms with Gasteiger partial charge >= 0.3 is 24.4 Å². The third-order valence-electron chi connectivity index (χ3n) is 0.718. The zero-order chi connectivity index (χ0) is 11.6. The van der Waals surface area contributed by atoms with Gasteiger partial charge in [0.05, 0.1) is 0 Å². The molecule has 0 saturated heterocycles. The van der Waals surface area contributed by atoms with Crippen LogP contribution in [0.15, 0.2) is 0 Å². The molecular formula is C5H3F5O4. The van der Waals surface area contributed by atoms with Gasteiger partial charge in [-0.1, -0.05) is 0 Å². The molecule has 0 N–H and O–H groups in total. The Balaban J connectivity index is 4.46. The second-order valence-corrected chi connectivity index (χ2v) is 1.95. The smallest absolute Gasteiger partial charge is 0.387 e. The summed E-state index contributed by atoms with van der Waals surface area (Å²) in [5.74, 6) is -4.19. The molecule has 0 saturated carbocycles. The van der Waals surface area contributed by atoms with Crippen molar-refractivity contribution in [3.8, 4) is 0 Å². The lowest BCUT2D eigenvalue weighted by molar-refractivity contribution is -0.413. The lowest BCUT2D eigenvalue weighted by Gasteiger charge is -2.15. The van der Waals surface area contributed by atoms with Crippen molar-refractivity contribution in [2.24, 2.45) is 0 Å². The van der Waals surface area contributed by atoms with E-state index in [1.54, 1.807) is 0 Å². The summed E-state index contributed by atoms with van der Waals surface area (Å²) < 4.78 is 63.3. The molecule has 4 nitrogen and oxygen atoms in total. The summed E-state index contributed by atoms with van der Waals surface area (Å²) in [6.07, 6.45) is -10.9. The van der Waals surface area contributed by atoms with Gasteiger partial charge in [-0.25, -0.2) is 9.53 Å². The summed E-state index contributed by atoms with van der Waals surface area (Å²) in [7, 11) is 0. The molecule has 0 aliphatic heterocycles. The van der Waals surface area contributed by atoms with Crippen LogP contribution in [0.5, 0.6) is 0 Å². The summed E-state index contributed by atoms with van der Waals surface area (Å²) in [4.78, 5) is 20.1. The van der Waals surface area contributed by atoms with Crippen LogP contribution in [0.4, 0.5) is 22.0 Å². The van der Waals surface area contributed by atoms with Crippen LogP contribution in [0.3, 0.4) is 0 Å². The molecule has 0 aliphatic carbocycles. The van der Waals surface area contributed by atoms with Crippen LogP contribution in [0, 0.1) is 0 Å². The second kappa shape index (κ2) is 3.86. The molecule has 82 valence electrons. The highest BCUT2D eigenvalue weighted by molar-refractivity contribution is 5.87. The maximum atomic E-state index is 12.1. The predicted molar refractivity (Wildman–Crippen MR) is 28.9 cm³/mol. The summed E-state index contributed by atoms with van der Waals surface area (Å²) >= 11 is 0. The van der Waals surface area contributed by atoms with Gasteiger partial charge in [-0.2, -0.15) is 8.78 Å². The summed E-state index contributed by atoms with van der Waals surface area (Å²) in [6, 6.07) is 0. The van der Waals surface area contributed by atoms with Crippen molar-refractivity contribution in [1.29, 1.82) is 0 Å². The first kappa shape index (κ1) is 12.8. The van der Waals surface area contributed by atoms with Crippen molar-refractivity contribution >= 4 is 11.9 Å². The quantitative estimate of drug-likeness (QED) is 0.400. The third kappa shape index (κ3) is 4.70. The highest BCUT2D eigenvalue weighted by Gasteiger charge is 2.52. The number of carbonyl (C=O) groups excluding carboxylic acids is 2. The normalized spacial score (nSPS) is 12.4. The molecule has 0 rings (SSSR count). The first-order valence-electron chi connectivity index (χ1n) is 2.92. The van der Waals surface area contributed by atoms with E-state index in [9.17, 15) is 31.5 Å². The van der Waals surface area contributed by atoms with E-state index in [0.717, 1.165) is 0 Å². The third-order valence-corrected chi connectivity index (χ3v) is 0.718. The van der Waals surface area contributed by atoms with Crippen molar-refractivity contribution in [1.82, 2.24) is 0 Å². The SMILES string of the molecule is CC(=O)OC(=O)C(F)(F)OC(F)(F)F. The standard InChI is InChI=1S/C5H3F5O4/c1-2(11)13-3(12)4(6,7)14-5(8,9)10/h1H3. The van der Waals surface area contributed by atoms with Crippen molar-refractivity contribution in [3.05, 3.63) is 0 Å². The van der Waals surface area contributed by atoms with Gasteiger partial charge in [-0.15, -0.1) is 13.2 Å². The average Bonchev–Trinajstić information content (AvgIpc) is 1.78. The summed E-state index contributed by atoms with van der Waals surface area (Å²) in [5.41, 5.74) is 0. The number of hydrogen-bond acceptors (Lipinski definition) is 4. The van der Waals surface area contributed by atoms with Crippen LogP contribution in [0.2, 0.25) is 0 Å². The molecule has 0 unspecified atom stereocenters. The van der Waals surface area contributed by atoms with Crippen LogP contribution in [0.1, 0.15) is 6.92 Å². The van der Waals surface area contributed by atoms with Crippen LogP contribution >= 0.6 is 0 Å². The van der Waals surface area contributed by atoms with Crippen LogP contribution in [0.25, 0.3) is 0 Å². The Morgan fingerprint density at radius 3 is 1.79 bits per heavy atom. The van der Waals surface area contributed by atoms with Gasteiger partial charge in [0.1, 0.15) is 0 Å². The second-order valence-electron chi connectivity index (χ2n) is 1.95. The largest absolute Gasteiger partial charge is 0.527 e. The fourth-order valence-corrected chi connectivity index (χ4v) is 0.377. The van der Waals surface area contributed by atoms with Crippen molar-refractivity contribution in [3.63, 3.8) is 0 Å². The Morgan fingerprint density at radius 1 is 1.07 bits per heavy atom. The highest BCUT2D eigenvalue weighted by Crippen LogP contribution is 2.28. The fourth-order valence-electron chi connectivity index (χ4n) is 0.377. The molecule has 0 aliphatic rings. The van der Waals surface area contributed by atoms with Gasteiger partial charge in [0.2, 0.25) is 0 Å². The molecule has 0 heterocycles. The molecule has 0 aromatic heterocycles. The molecule has 0 atom stereocenters. The molecular weight excluding hydrogens is 219 g/mol. The van der Waals surface area contributed by atoms with E-state index in [1.807, 2.05) is 0 Å². The average molecular weight is 222 g/mol. The minimum atomic E-state index is -5.71. The number of alkyl halides is 5. The van der Waals surface area contributed by atoms with E-state index >= 15 is 0 Å². The Hall–Kier alpha value is -1.25. The Bertz CT molecular complexity index is 245. The molecule has 0 spiro atoms. The van der Waals surface area contributed by atoms with Gasteiger partial charge in [0.25, 0.3) is 0 Å². The number of halogens is 5. The van der Waals surface area contributed by atoms with Crippen molar-refractivity contribution < 1.29 is 41.0 Å². The van der Waals surface area contributed by atoms with E-state index < -0.39 is 24.4 Å². The zero-order valence-corrected chi connectivity index (χ0v) is 6.52. The van der Waals surface area contributed by atoms with Crippen LogP contribution in [-0.2, 0) is 19.1 Å². The van der Waals surface area contributed by atoms with Crippen molar-refractivity contribution in [2.75, 3.05) is 0 Å². The molecule has 0 bridgehead atoms. The molecule has 0 radical (unpaired) electrons. The summed E-state index contributed by atoms with van der Waals surface area (Å²) in [6.45, 7) is 0.571. The molecule has 0 amide bonds. The lowest BCUT2D eigenvalue weighted by Crippen LogP contribution is -2.39. The molecule has 0 aromatic carbocycles. The Morgan fingerprint density at radius 2 is 1.50 bits per heavy atom. The predicted octanol–water partition coefficient (Wildman–Crippen LogP) is 1.21. The van der Waals surface area contributed by atoms with E-state index in [2.05, 4.69) is 9.47 Å². The Labute approximate surface area is 73.6 Å². The number of esters is 2. The number of rotatable bonds is 2. The highest BCUT2D eigenvalue weighted by atomic mass is 19.4. The maximum Gasteiger partial charge on any atom is 0.527 e. The van der Waals surface area contributed by atoms with Crippen LogP contribution in [-0.4, -0.2) is 24.4 Å². The van der Waals surface area contributed by atoms with Gasteiger partial charge in [0.15, 0.2) is 0 Å². The van der Waals surface area contributed by atoms with Gasteiger partial charge in [-0.3, -0.25) is 4.79 Å². The van der Waals surface area contributed by atoms with Crippen molar-refractivity contribution in [2.45, 2.75) is 19.4 Å². The number of hydrogen-bond donors (Lipinski definition) is 0. The molecule has 0 aromatic rings. The molecule has 14 heavy (non-hydrogen) atoms. The minimum absolute atomic E-state index is 0.571. The first-order valence-corrected chi connectivity index (χ1v) is 2.92. The maximum absolute atomic E-state index is 12.1.